The number of ether oxygens (including phenoxy) is 1. The third kappa shape index (κ3) is 11.5. The quantitative estimate of drug-likeness (QED) is 0.134. The van der Waals surface area contributed by atoms with E-state index in [1.54, 1.807) is 0 Å². The number of hydrogen-bond acceptors (Lipinski definition) is 1. The zero-order valence-electron chi connectivity index (χ0n) is 18.6. The zero-order valence-corrected chi connectivity index (χ0v) is 20.3. The molecule has 0 saturated heterocycles. The second kappa shape index (κ2) is 9.98. The Morgan fingerprint density at radius 3 is 1.30 bits per heavy atom. The summed E-state index contributed by atoms with van der Waals surface area (Å²) in [5, 5.41) is 0. The number of rotatable bonds is 7. The van der Waals surface area contributed by atoms with E-state index in [-0.39, 0.29) is 10.9 Å². The van der Waals surface area contributed by atoms with Crippen LogP contribution in [0.15, 0.2) is 87.5 Å². The summed E-state index contributed by atoms with van der Waals surface area (Å²) in [5.41, 5.74) is 2.58. The summed E-state index contributed by atoms with van der Waals surface area (Å²) in [6, 6.07) is 26.5. The van der Waals surface area contributed by atoms with Gasteiger partial charge >= 0.3 is 33.0 Å². The maximum absolute atomic E-state index is 10.7. The Hall–Kier alpha value is -2.18. The van der Waals surface area contributed by atoms with E-state index in [0.717, 1.165) is 25.2 Å². The van der Waals surface area contributed by atoms with Crippen molar-refractivity contribution >= 4 is 18.7 Å². The Morgan fingerprint density at radius 1 is 0.636 bits per heavy atom. The van der Waals surface area contributed by atoms with E-state index in [0.29, 0.717) is 0 Å². The van der Waals surface area contributed by atoms with Crippen molar-refractivity contribution in [1.29, 1.82) is 0 Å². The molecule has 0 unspecified atom stereocenters. The third-order valence-electron chi connectivity index (χ3n) is 4.34. The van der Waals surface area contributed by atoms with Crippen LogP contribution in [0.25, 0.3) is 0 Å². The predicted molar refractivity (Wildman–Crippen MR) is 125 cm³/mol. The molecule has 0 aliphatic heterocycles. The first-order valence-electron chi connectivity index (χ1n) is 10.3. The van der Waals surface area contributed by atoms with Gasteiger partial charge in [0, 0.05) is 0 Å². The standard InChI is InChI=1S/C24H27OS.F6P/c1-4-5-18-25-21-10-16-24(17-11-21)26(22-12-6-19(2)7-13-22)23-14-8-20(3)9-15-23;1-7(2,3,4,5)6/h6-17H,4-5,18H2,1-3H3;/q+1;-1. The van der Waals surface area contributed by atoms with Gasteiger partial charge in [-0.1, -0.05) is 48.7 Å². The molecule has 0 aliphatic rings. The first kappa shape index (κ1) is 27.1. The molecule has 33 heavy (non-hydrogen) atoms. The van der Waals surface area contributed by atoms with Crippen molar-refractivity contribution in [2.75, 3.05) is 6.61 Å². The van der Waals surface area contributed by atoms with Gasteiger partial charge in [-0.15, -0.1) is 0 Å². The van der Waals surface area contributed by atoms with E-state index in [2.05, 4.69) is 93.6 Å². The van der Waals surface area contributed by atoms with Crippen LogP contribution < -0.4 is 4.74 Å². The average molecular weight is 509 g/mol. The van der Waals surface area contributed by atoms with E-state index in [1.165, 1.54) is 25.8 Å². The molecule has 3 aromatic rings. The first-order valence-corrected chi connectivity index (χ1v) is 13.5. The zero-order chi connectivity index (χ0) is 24.8. The van der Waals surface area contributed by atoms with Gasteiger partial charge in [0.2, 0.25) is 0 Å². The minimum atomic E-state index is -10.7. The van der Waals surface area contributed by atoms with Crippen LogP contribution in [0.4, 0.5) is 25.2 Å². The minimum absolute atomic E-state index is 0.102. The molecular formula is C24H27F6OPS. The van der Waals surface area contributed by atoms with E-state index in [9.17, 15) is 25.2 Å². The summed E-state index contributed by atoms with van der Waals surface area (Å²) >= 11 is 0. The molecule has 0 fully saturated rings. The fourth-order valence-corrected chi connectivity index (χ4v) is 4.80. The Bertz CT molecular complexity index is 962. The van der Waals surface area contributed by atoms with E-state index in [1.807, 2.05) is 0 Å². The Morgan fingerprint density at radius 2 is 0.970 bits per heavy atom. The van der Waals surface area contributed by atoms with Gasteiger partial charge in [0.1, 0.15) is 5.75 Å². The fraction of sp³-hybridized carbons (Fsp3) is 0.250. The van der Waals surface area contributed by atoms with E-state index in [4.69, 9.17) is 4.74 Å². The van der Waals surface area contributed by atoms with Gasteiger partial charge in [0.05, 0.1) is 17.5 Å². The number of aryl methyl sites for hydroxylation is 2. The molecule has 0 aromatic heterocycles. The molecule has 0 saturated carbocycles. The number of unbranched alkanes of at least 4 members (excludes halogenated alkanes) is 1. The van der Waals surface area contributed by atoms with Crippen molar-refractivity contribution in [3.05, 3.63) is 83.9 Å². The van der Waals surface area contributed by atoms with Gasteiger partial charge in [-0.05, 0) is 68.8 Å². The third-order valence-corrected chi connectivity index (χ3v) is 6.57. The van der Waals surface area contributed by atoms with Gasteiger partial charge < -0.3 is 4.74 Å². The van der Waals surface area contributed by atoms with Crippen molar-refractivity contribution in [2.45, 2.75) is 48.3 Å². The molecule has 0 amide bonds. The molecule has 0 radical (unpaired) electrons. The fourth-order valence-electron chi connectivity index (χ4n) is 2.76. The van der Waals surface area contributed by atoms with Gasteiger partial charge in [-0.3, -0.25) is 0 Å². The average Bonchev–Trinajstić information content (AvgIpc) is 2.70. The van der Waals surface area contributed by atoms with Crippen molar-refractivity contribution in [2.24, 2.45) is 0 Å². The van der Waals surface area contributed by atoms with Crippen LogP contribution in [0, 0.1) is 13.8 Å². The second-order valence-electron chi connectivity index (χ2n) is 7.56. The van der Waals surface area contributed by atoms with E-state index >= 15 is 0 Å². The molecule has 1 nitrogen and oxygen atoms in total. The van der Waals surface area contributed by atoms with Crippen LogP contribution >= 0.6 is 7.81 Å². The molecule has 0 N–H and O–H groups in total. The summed E-state index contributed by atoms with van der Waals surface area (Å²) in [6.07, 6.45) is 2.25. The number of benzene rings is 3. The molecule has 182 valence electrons. The molecule has 0 spiro atoms. The Kier molecular flexibility index (Phi) is 8.19. The Labute approximate surface area is 193 Å². The van der Waals surface area contributed by atoms with Crippen molar-refractivity contribution in [3.63, 3.8) is 0 Å². The summed E-state index contributed by atoms with van der Waals surface area (Å²) in [6.45, 7) is 7.24. The normalized spacial score (nSPS) is 13.5. The van der Waals surface area contributed by atoms with Crippen LogP contribution in [0.5, 0.6) is 5.75 Å². The second-order valence-corrected chi connectivity index (χ2v) is 11.5. The van der Waals surface area contributed by atoms with Gasteiger partial charge in [-0.25, -0.2) is 0 Å². The van der Waals surface area contributed by atoms with Crippen molar-refractivity contribution in [1.82, 2.24) is 0 Å². The molecule has 0 aliphatic carbocycles. The molecule has 0 bridgehead atoms. The van der Waals surface area contributed by atoms with Crippen LogP contribution in [-0.4, -0.2) is 6.61 Å². The summed E-state index contributed by atoms with van der Waals surface area (Å²) < 4.78 is 65.0. The SMILES string of the molecule is CCCCOc1ccc([S+](c2ccc(C)cc2)c2ccc(C)cc2)cc1.F[P-](F)(F)(F)(F)F. The molecule has 3 rings (SSSR count). The Balaban J connectivity index is 0.000000479. The molecular weight excluding hydrogens is 481 g/mol. The number of hydrogen-bond donors (Lipinski definition) is 0. The monoisotopic (exact) mass is 508 g/mol. The van der Waals surface area contributed by atoms with Crippen LogP contribution in [0.3, 0.4) is 0 Å². The first-order chi connectivity index (χ1) is 15.1. The molecule has 3 aromatic carbocycles. The van der Waals surface area contributed by atoms with Crippen LogP contribution in [-0.2, 0) is 10.9 Å². The molecule has 9 heteroatoms. The van der Waals surface area contributed by atoms with E-state index < -0.39 is 7.81 Å². The van der Waals surface area contributed by atoms with Gasteiger partial charge in [0.25, 0.3) is 0 Å². The van der Waals surface area contributed by atoms with Crippen LogP contribution in [0.1, 0.15) is 30.9 Å². The summed E-state index contributed by atoms with van der Waals surface area (Å²) in [4.78, 5) is 4.01. The maximum atomic E-state index is 9.87. The molecule has 0 atom stereocenters. The van der Waals surface area contributed by atoms with Crippen molar-refractivity contribution < 1.29 is 29.9 Å². The van der Waals surface area contributed by atoms with Gasteiger partial charge in [0.15, 0.2) is 14.7 Å². The number of halogens is 6. The summed E-state index contributed by atoms with van der Waals surface area (Å²) in [7, 11) is -10.8. The van der Waals surface area contributed by atoms with Gasteiger partial charge in [-0.2, -0.15) is 0 Å². The molecule has 0 heterocycles. The predicted octanol–water partition coefficient (Wildman–Crippen LogP) is 9.96. The topological polar surface area (TPSA) is 9.23 Å². The van der Waals surface area contributed by atoms with Crippen molar-refractivity contribution in [3.8, 4) is 5.75 Å². The summed E-state index contributed by atoms with van der Waals surface area (Å²) in [5.74, 6) is 0.957. The van der Waals surface area contributed by atoms with Crippen LogP contribution in [0.2, 0.25) is 0 Å².